The van der Waals surface area contributed by atoms with E-state index in [1.807, 2.05) is 6.92 Å². The second-order valence-electron chi connectivity index (χ2n) is 26.2. The zero-order chi connectivity index (χ0) is 77.7. The number of likely N-dealkylation sites (tertiary alicyclic amines) is 1. The predicted molar refractivity (Wildman–Crippen MR) is 381 cm³/mol. The second kappa shape index (κ2) is 51.7. The summed E-state index contributed by atoms with van der Waals surface area (Å²) < 4.78 is 0. The largest absolute Gasteiger partial charge is 0.481 e. The van der Waals surface area contributed by atoms with Gasteiger partial charge in [-0.2, -0.15) is 0 Å². The van der Waals surface area contributed by atoms with Crippen molar-refractivity contribution in [2.45, 2.75) is 248 Å². The number of hydrogen-bond donors (Lipinski definition) is 22. The van der Waals surface area contributed by atoms with Gasteiger partial charge >= 0.3 is 11.9 Å². The first-order valence-corrected chi connectivity index (χ1v) is 35.8. The van der Waals surface area contributed by atoms with Gasteiger partial charge in [0.2, 0.25) is 70.9 Å². The van der Waals surface area contributed by atoms with E-state index >= 15 is 0 Å². The molecule has 0 bridgehead atoms. The highest BCUT2D eigenvalue weighted by molar-refractivity contribution is 5.99. The molecule has 0 radical (unpaired) electrons. The Labute approximate surface area is 602 Å². The van der Waals surface area contributed by atoms with Gasteiger partial charge in [0.1, 0.15) is 60.4 Å². The minimum atomic E-state index is -1.78. The number of nitrogens with two attached hydrogens (primary N) is 8. The molecule has 13 atom stereocenters. The van der Waals surface area contributed by atoms with Gasteiger partial charge in [-0.1, -0.05) is 40.5 Å². The molecular weight excluding hydrogens is 1350 g/mol. The fraction of sp³-hybridized carbons (Fsp3) is 0.769. The molecule has 12 amide bonds. The number of guanidine groups is 1. The van der Waals surface area contributed by atoms with Crippen molar-refractivity contribution in [3.63, 3.8) is 0 Å². The van der Waals surface area contributed by atoms with Crippen LogP contribution in [-0.2, 0) is 67.1 Å². The van der Waals surface area contributed by atoms with Crippen molar-refractivity contribution in [1.82, 2.24) is 63.4 Å². The van der Waals surface area contributed by atoms with Gasteiger partial charge in [0, 0.05) is 19.5 Å². The summed E-state index contributed by atoms with van der Waals surface area (Å²) in [7, 11) is 0. The zero-order valence-electron chi connectivity index (χ0n) is 60.6. The van der Waals surface area contributed by atoms with Crippen molar-refractivity contribution in [1.29, 1.82) is 0 Å². The molecule has 103 heavy (non-hydrogen) atoms. The van der Waals surface area contributed by atoms with Gasteiger partial charge in [0.05, 0.1) is 25.2 Å². The van der Waals surface area contributed by atoms with E-state index in [0.717, 1.165) is 0 Å². The van der Waals surface area contributed by atoms with Gasteiger partial charge in [0.25, 0.3) is 0 Å². The van der Waals surface area contributed by atoms with Crippen LogP contribution in [0.1, 0.15) is 176 Å². The van der Waals surface area contributed by atoms with E-state index in [-0.39, 0.29) is 116 Å². The molecule has 1 heterocycles. The van der Waals surface area contributed by atoms with Gasteiger partial charge in [-0.25, -0.2) is 4.79 Å². The Kier molecular flexibility index (Phi) is 46.4. The fourth-order valence-corrected chi connectivity index (χ4v) is 11.0. The number of nitrogens with zero attached hydrogens (tertiary/aromatic N) is 2. The lowest BCUT2D eigenvalue weighted by Crippen LogP contribution is -2.61. The number of carboxylic acid groups (broad SMARTS) is 2. The molecule has 1 rings (SSSR count). The lowest BCUT2D eigenvalue weighted by molar-refractivity contribution is -0.143. The smallest absolute Gasteiger partial charge is 0.326 e. The van der Waals surface area contributed by atoms with Crippen LogP contribution in [0.5, 0.6) is 0 Å². The van der Waals surface area contributed by atoms with E-state index in [1.165, 1.54) is 11.8 Å². The minimum Gasteiger partial charge on any atom is -0.481 e. The maximum Gasteiger partial charge on any atom is 0.326 e. The molecule has 1 saturated heterocycles. The van der Waals surface area contributed by atoms with E-state index in [1.54, 1.807) is 20.8 Å². The third kappa shape index (κ3) is 36.5. The minimum absolute atomic E-state index is 0.0165. The molecule has 1 aliphatic heterocycles. The molecular formula is C65H121N21O17. The van der Waals surface area contributed by atoms with Crippen molar-refractivity contribution >= 4 is 88.8 Å². The van der Waals surface area contributed by atoms with E-state index < -0.39 is 193 Å². The Balaban J connectivity index is 3.46. The molecule has 0 aromatic heterocycles. The highest BCUT2D eigenvalue weighted by atomic mass is 16.4. The van der Waals surface area contributed by atoms with Gasteiger partial charge in [-0.3, -0.25) is 67.3 Å². The Hall–Kier alpha value is -8.43. The maximum absolute atomic E-state index is 14.3. The number of carbonyl (C=O) groups excluding carboxylic acids is 12. The number of rotatable bonds is 55. The Bertz CT molecular complexity index is 2740. The van der Waals surface area contributed by atoms with Crippen molar-refractivity contribution in [2.24, 2.45) is 62.7 Å². The van der Waals surface area contributed by atoms with Crippen LogP contribution in [0.2, 0.25) is 0 Å². The lowest BCUT2D eigenvalue weighted by atomic mass is 9.97. The summed E-state index contributed by atoms with van der Waals surface area (Å²) in [6, 6.07) is -14.7. The third-order valence-electron chi connectivity index (χ3n) is 17.3. The number of amides is 12. The molecule has 1 fully saturated rings. The standard InChI is InChI=1S/C65H121N21O17/c1-6-38(4)52(83-49(89)36-75-54(92)40(71)19-7-12-28-66)63(101)86-34-18-25-47(86)60(98)84-51(37(2)3)61(99)80-41(24-17-33-74-65(72)73)55(93)76-35-48(88)77-42(20-8-13-29-67)56(94)79-45(23-11-16-32-70)59(97)85-53(39(5)87)62(100)81-44(22-10-15-31-69)57(95)78-43(21-9-14-30-68)58(96)82-46(64(102)103)26-27-50(90)91/h37-47,51-53,87H,6-36,66-71H2,1-5H3,(H,75,92)(H,76,93)(H,77,88)(H,78,95)(H,79,94)(H,80,99)(H,81,100)(H,82,96)(H,83,89)(H,84,98)(H,85,97)(H,90,91)(H,102,103)(H4,72,73,74)/t38-,39+,40-,41-,42-,43-,44-,45-,46-,47-,51-,52-,53-/m0/s1. The van der Waals surface area contributed by atoms with Crippen LogP contribution >= 0.6 is 0 Å². The first-order valence-electron chi connectivity index (χ1n) is 35.8. The molecule has 38 nitrogen and oxygen atoms in total. The van der Waals surface area contributed by atoms with Crippen LogP contribution in [-0.4, -0.2) is 240 Å². The number of aliphatic carboxylic acids is 2. The topological polar surface area (TPSA) is 656 Å². The summed E-state index contributed by atoms with van der Waals surface area (Å²) in [6.07, 6.45) is 2.44. The number of carboxylic acids is 2. The number of carbonyl (C=O) groups is 14. The van der Waals surface area contributed by atoms with Crippen molar-refractivity contribution in [2.75, 3.05) is 58.9 Å². The van der Waals surface area contributed by atoms with E-state index in [0.29, 0.717) is 64.3 Å². The monoisotopic (exact) mass is 1470 g/mol. The first-order chi connectivity index (χ1) is 48.8. The number of aliphatic hydroxyl groups is 1. The number of unbranched alkanes of at least 4 members (excludes halogenated alkanes) is 5. The lowest BCUT2D eigenvalue weighted by Gasteiger charge is -2.32. The quantitative estimate of drug-likeness (QED) is 0.0153. The first kappa shape index (κ1) is 92.6. The van der Waals surface area contributed by atoms with Crippen LogP contribution in [0.4, 0.5) is 0 Å². The van der Waals surface area contributed by atoms with Gasteiger partial charge in [0.15, 0.2) is 5.96 Å². The van der Waals surface area contributed by atoms with Crippen LogP contribution in [0.25, 0.3) is 0 Å². The van der Waals surface area contributed by atoms with Gasteiger partial charge in [-0.05, 0) is 173 Å². The average molecular weight is 1470 g/mol. The molecule has 38 heteroatoms. The highest BCUT2D eigenvalue weighted by Gasteiger charge is 2.42. The summed E-state index contributed by atoms with van der Waals surface area (Å²) in [5.41, 5.74) is 45.5. The molecule has 588 valence electrons. The molecule has 0 unspecified atom stereocenters. The SMILES string of the molecule is CC[C@H](C)[C@H](NC(=O)CNC(=O)[C@@H](N)CCCCN)C(=O)N1CCC[C@H]1C(=O)N[C@H](C(=O)N[C@@H](CCCN=C(N)N)C(=O)NCC(=O)N[C@@H](CCCCN)C(=O)N[C@@H](CCCCN)C(=O)N[C@H](C(=O)N[C@@H](CCCCN)C(=O)N[C@@H](CCCCN)C(=O)N[C@@H](CCC(=O)O)C(=O)O)[C@@H](C)O)C(C)C. The summed E-state index contributed by atoms with van der Waals surface area (Å²) in [5.74, 6) is -13.9. The van der Waals surface area contributed by atoms with Gasteiger partial charge in [-0.15, -0.1) is 0 Å². The molecule has 0 spiro atoms. The molecule has 0 aromatic rings. The Morgan fingerprint density at radius 1 is 0.466 bits per heavy atom. The maximum atomic E-state index is 14.3. The van der Waals surface area contributed by atoms with E-state index in [2.05, 4.69) is 63.5 Å². The summed E-state index contributed by atoms with van der Waals surface area (Å²) in [4.78, 5) is 195. The predicted octanol–water partition coefficient (Wildman–Crippen LogP) is -6.37. The van der Waals surface area contributed by atoms with Crippen LogP contribution in [0, 0.1) is 11.8 Å². The number of aliphatic imine (C=N–C) groups is 1. The van der Waals surface area contributed by atoms with Crippen LogP contribution in [0.15, 0.2) is 4.99 Å². The average Bonchev–Trinajstić information content (AvgIpc) is 1.73. The fourth-order valence-electron chi connectivity index (χ4n) is 11.0. The number of aliphatic hydroxyl groups excluding tert-OH is 1. The summed E-state index contributed by atoms with van der Waals surface area (Å²) in [5, 5.41) is 57.9. The van der Waals surface area contributed by atoms with Crippen molar-refractivity contribution in [3.05, 3.63) is 0 Å². The van der Waals surface area contributed by atoms with E-state index in [4.69, 9.17) is 51.0 Å². The van der Waals surface area contributed by atoms with Crippen LogP contribution in [0.3, 0.4) is 0 Å². The Morgan fingerprint density at radius 2 is 0.874 bits per heavy atom. The summed E-state index contributed by atoms with van der Waals surface area (Å²) in [6.45, 7) is 8.20. The van der Waals surface area contributed by atoms with Crippen LogP contribution < -0.4 is 104 Å². The number of hydrogen-bond acceptors (Lipinski definition) is 22. The summed E-state index contributed by atoms with van der Waals surface area (Å²) >= 11 is 0. The number of nitrogens with one attached hydrogen (secondary N) is 11. The molecule has 1 aliphatic rings. The van der Waals surface area contributed by atoms with Gasteiger partial charge < -0.3 is 125 Å². The molecule has 0 aliphatic carbocycles. The van der Waals surface area contributed by atoms with Crippen molar-refractivity contribution in [3.8, 4) is 0 Å². The molecule has 0 aromatic carbocycles. The van der Waals surface area contributed by atoms with E-state index in [9.17, 15) is 77.3 Å². The third-order valence-corrected chi connectivity index (χ3v) is 17.3. The highest BCUT2D eigenvalue weighted by Crippen LogP contribution is 2.23. The second-order valence-corrected chi connectivity index (χ2v) is 26.2. The molecule has 0 saturated carbocycles. The zero-order valence-corrected chi connectivity index (χ0v) is 60.6. The normalized spacial score (nSPS) is 16.2. The van der Waals surface area contributed by atoms with Crippen molar-refractivity contribution < 1.29 is 82.4 Å². The molecule has 30 N–H and O–H groups in total. The Morgan fingerprint density at radius 3 is 1.31 bits per heavy atom.